The van der Waals surface area contributed by atoms with Crippen LogP contribution in [0.3, 0.4) is 0 Å². The van der Waals surface area contributed by atoms with Crippen molar-refractivity contribution in [1.29, 1.82) is 0 Å². The lowest BCUT2D eigenvalue weighted by Crippen LogP contribution is -2.54. The third kappa shape index (κ3) is 2.50. The molecule has 1 spiro atoms. The highest BCUT2D eigenvalue weighted by Gasteiger charge is 2.45. The van der Waals surface area contributed by atoms with Crippen LogP contribution in [0.4, 0.5) is 0 Å². The minimum atomic E-state index is -0.367. The van der Waals surface area contributed by atoms with Crippen molar-refractivity contribution in [2.45, 2.75) is 57.4 Å². The lowest BCUT2D eigenvalue weighted by atomic mass is 9.86. The SMILES string of the molecule is CC(C)n1nccc1CN1CC[C@@]2(CCCO2)[C@@H](O)C1. The normalized spacial score (nSPS) is 31.5. The Hall–Kier alpha value is -0.910. The molecule has 0 bridgehead atoms. The second-order valence-electron chi connectivity index (χ2n) is 6.38. The third-order valence-electron chi connectivity index (χ3n) is 4.65. The molecule has 0 saturated carbocycles. The van der Waals surface area contributed by atoms with Crippen molar-refractivity contribution in [3.63, 3.8) is 0 Å². The zero-order valence-corrected chi connectivity index (χ0v) is 12.5. The van der Waals surface area contributed by atoms with Crippen LogP contribution in [-0.2, 0) is 11.3 Å². The van der Waals surface area contributed by atoms with Gasteiger partial charge in [-0.1, -0.05) is 0 Å². The van der Waals surface area contributed by atoms with Crippen LogP contribution in [0.2, 0.25) is 0 Å². The quantitative estimate of drug-likeness (QED) is 0.912. The van der Waals surface area contributed by atoms with Gasteiger partial charge in [-0.2, -0.15) is 5.10 Å². The second kappa shape index (κ2) is 5.47. The summed E-state index contributed by atoms with van der Waals surface area (Å²) in [6.45, 7) is 7.62. The first-order valence-corrected chi connectivity index (χ1v) is 7.67. The van der Waals surface area contributed by atoms with Gasteiger partial charge in [-0.15, -0.1) is 0 Å². The Kier molecular flexibility index (Phi) is 3.84. The van der Waals surface area contributed by atoms with Crippen LogP contribution in [0, 0.1) is 0 Å². The van der Waals surface area contributed by atoms with Gasteiger partial charge >= 0.3 is 0 Å². The van der Waals surface area contributed by atoms with Crippen molar-refractivity contribution < 1.29 is 9.84 Å². The Morgan fingerprint density at radius 3 is 3.00 bits per heavy atom. The van der Waals surface area contributed by atoms with E-state index in [0.717, 1.165) is 39.0 Å². The third-order valence-corrected chi connectivity index (χ3v) is 4.65. The van der Waals surface area contributed by atoms with Crippen LogP contribution in [0.25, 0.3) is 0 Å². The summed E-state index contributed by atoms with van der Waals surface area (Å²) in [4.78, 5) is 2.31. The Morgan fingerprint density at radius 2 is 2.35 bits per heavy atom. The van der Waals surface area contributed by atoms with Crippen LogP contribution in [0.15, 0.2) is 12.3 Å². The van der Waals surface area contributed by atoms with E-state index in [2.05, 4.69) is 34.6 Å². The maximum Gasteiger partial charge on any atom is 0.0965 e. The Bertz CT molecular complexity index is 452. The number of hydrogen-bond acceptors (Lipinski definition) is 4. The number of aliphatic hydroxyl groups is 1. The zero-order valence-electron chi connectivity index (χ0n) is 12.5. The number of rotatable bonds is 3. The van der Waals surface area contributed by atoms with Crippen molar-refractivity contribution in [1.82, 2.24) is 14.7 Å². The van der Waals surface area contributed by atoms with Gasteiger partial charge in [-0.3, -0.25) is 9.58 Å². The molecule has 2 saturated heterocycles. The number of aliphatic hydroxyl groups excluding tert-OH is 1. The Balaban J connectivity index is 1.64. The molecule has 0 unspecified atom stereocenters. The van der Waals surface area contributed by atoms with Gasteiger partial charge in [0, 0.05) is 38.5 Å². The molecule has 0 aromatic carbocycles. The maximum atomic E-state index is 10.4. The highest BCUT2D eigenvalue weighted by atomic mass is 16.5. The topological polar surface area (TPSA) is 50.5 Å². The van der Waals surface area contributed by atoms with E-state index in [0.29, 0.717) is 12.6 Å². The summed E-state index contributed by atoms with van der Waals surface area (Å²) in [6.07, 6.45) is 4.51. The van der Waals surface area contributed by atoms with E-state index >= 15 is 0 Å². The van der Waals surface area contributed by atoms with Gasteiger partial charge in [0.05, 0.1) is 17.4 Å². The zero-order chi connectivity index (χ0) is 14.2. The highest BCUT2D eigenvalue weighted by molar-refractivity contribution is 5.04. The molecular weight excluding hydrogens is 254 g/mol. The van der Waals surface area contributed by atoms with Crippen molar-refractivity contribution in [2.24, 2.45) is 0 Å². The summed E-state index contributed by atoms with van der Waals surface area (Å²) < 4.78 is 7.90. The molecule has 3 rings (SSSR count). The van der Waals surface area contributed by atoms with Crippen molar-refractivity contribution in [3.8, 4) is 0 Å². The molecule has 0 amide bonds. The minimum absolute atomic E-state index is 0.255. The van der Waals surface area contributed by atoms with E-state index in [9.17, 15) is 5.11 Å². The van der Waals surface area contributed by atoms with Gasteiger partial charge in [0.25, 0.3) is 0 Å². The van der Waals surface area contributed by atoms with E-state index in [4.69, 9.17) is 4.74 Å². The lowest BCUT2D eigenvalue weighted by molar-refractivity contribution is -0.130. The molecule has 2 aliphatic rings. The number of nitrogens with zero attached hydrogens (tertiary/aromatic N) is 3. The predicted octanol–water partition coefficient (Wildman–Crippen LogP) is 1.58. The van der Waals surface area contributed by atoms with Crippen LogP contribution in [0.5, 0.6) is 0 Å². The molecule has 20 heavy (non-hydrogen) atoms. The first-order valence-electron chi connectivity index (χ1n) is 7.67. The first-order chi connectivity index (χ1) is 9.61. The summed E-state index contributed by atoms with van der Waals surface area (Å²) in [5.74, 6) is 0. The van der Waals surface area contributed by atoms with Crippen molar-refractivity contribution >= 4 is 0 Å². The van der Waals surface area contributed by atoms with E-state index in [1.807, 2.05) is 6.20 Å². The molecule has 0 radical (unpaired) electrons. The number of ether oxygens (including phenoxy) is 1. The molecule has 2 atom stereocenters. The van der Waals surface area contributed by atoms with E-state index in [-0.39, 0.29) is 11.7 Å². The number of β-amino-alcohol motifs (C(OH)–C–C–N with tert-alkyl or cyclic N) is 1. The van der Waals surface area contributed by atoms with Crippen molar-refractivity contribution in [2.75, 3.05) is 19.7 Å². The number of hydrogen-bond donors (Lipinski definition) is 1. The standard InChI is InChI=1S/C15H25N3O2/c1-12(2)18-13(4-7-16-18)10-17-8-6-15(14(19)11-17)5-3-9-20-15/h4,7,12,14,19H,3,5-6,8-11H2,1-2H3/t14-,15-/m0/s1. The summed E-state index contributed by atoms with van der Waals surface area (Å²) >= 11 is 0. The van der Waals surface area contributed by atoms with Gasteiger partial charge in [-0.25, -0.2) is 0 Å². The average Bonchev–Trinajstić information content (AvgIpc) is 3.04. The summed E-state index contributed by atoms with van der Waals surface area (Å²) in [6, 6.07) is 2.45. The average molecular weight is 279 g/mol. The smallest absolute Gasteiger partial charge is 0.0965 e. The summed E-state index contributed by atoms with van der Waals surface area (Å²) in [7, 11) is 0. The molecule has 0 aliphatic carbocycles. The van der Waals surface area contributed by atoms with Gasteiger partial charge < -0.3 is 9.84 Å². The van der Waals surface area contributed by atoms with Crippen LogP contribution >= 0.6 is 0 Å². The summed E-state index contributed by atoms with van der Waals surface area (Å²) in [5.41, 5.74) is 0.963. The molecule has 3 heterocycles. The van der Waals surface area contributed by atoms with Gasteiger partial charge in [-0.05, 0) is 39.2 Å². The van der Waals surface area contributed by atoms with Crippen LogP contribution in [0.1, 0.15) is 44.8 Å². The molecule has 1 N–H and O–H groups in total. The van der Waals surface area contributed by atoms with Crippen molar-refractivity contribution in [3.05, 3.63) is 18.0 Å². The minimum Gasteiger partial charge on any atom is -0.389 e. The molecule has 5 heteroatoms. The van der Waals surface area contributed by atoms with Gasteiger partial charge in [0.1, 0.15) is 0 Å². The Labute approximate surface area is 120 Å². The molecule has 2 fully saturated rings. The molecule has 2 aliphatic heterocycles. The van der Waals surface area contributed by atoms with E-state index in [1.165, 1.54) is 5.69 Å². The Morgan fingerprint density at radius 1 is 1.50 bits per heavy atom. The number of likely N-dealkylation sites (tertiary alicyclic amines) is 1. The molecule has 5 nitrogen and oxygen atoms in total. The molecule has 1 aromatic rings. The van der Waals surface area contributed by atoms with Gasteiger partial charge in [0.2, 0.25) is 0 Å². The first kappa shape index (κ1) is 14.0. The fourth-order valence-corrected chi connectivity index (χ4v) is 3.50. The van der Waals surface area contributed by atoms with Crippen LogP contribution < -0.4 is 0 Å². The maximum absolute atomic E-state index is 10.4. The fourth-order valence-electron chi connectivity index (χ4n) is 3.50. The van der Waals surface area contributed by atoms with E-state index in [1.54, 1.807) is 0 Å². The lowest BCUT2D eigenvalue weighted by Gasteiger charge is -2.42. The number of aromatic nitrogens is 2. The summed E-state index contributed by atoms with van der Waals surface area (Å²) in [5, 5.41) is 14.8. The second-order valence-corrected chi connectivity index (χ2v) is 6.38. The van der Waals surface area contributed by atoms with Crippen LogP contribution in [-0.4, -0.2) is 51.2 Å². The number of piperidine rings is 1. The van der Waals surface area contributed by atoms with Gasteiger partial charge in [0.15, 0.2) is 0 Å². The largest absolute Gasteiger partial charge is 0.389 e. The monoisotopic (exact) mass is 279 g/mol. The molecule has 1 aromatic heterocycles. The highest BCUT2D eigenvalue weighted by Crippen LogP contribution is 2.36. The van der Waals surface area contributed by atoms with E-state index < -0.39 is 0 Å². The molecular formula is C15H25N3O2. The molecule has 112 valence electrons. The fraction of sp³-hybridized carbons (Fsp3) is 0.800. The predicted molar refractivity (Wildman–Crippen MR) is 76.4 cm³/mol.